The quantitative estimate of drug-likeness (QED) is 0.0848. The molecule has 25 heteroatoms. The van der Waals surface area contributed by atoms with Crippen LogP contribution >= 0.6 is 49.6 Å². The average Bonchev–Trinajstić information content (AvgIpc) is 3.77. The number of fused-ring (bicyclic) bond motifs is 2. The van der Waals surface area contributed by atoms with Crippen molar-refractivity contribution in [3.63, 3.8) is 0 Å². The number of aliphatic hydroxyl groups is 2. The minimum Gasteiger partial charge on any atom is -0.387 e. The van der Waals surface area contributed by atoms with Crippen molar-refractivity contribution >= 4 is 72.5 Å². The van der Waals surface area contributed by atoms with Gasteiger partial charge in [-0.3, -0.25) is 18.4 Å². The summed E-state index contributed by atoms with van der Waals surface area (Å²) < 4.78 is 64.5. The molecule has 0 bridgehead atoms. The van der Waals surface area contributed by atoms with E-state index in [0.717, 1.165) is 11.3 Å². The number of thiazole rings is 1. The molecule has 0 aliphatic carbocycles. The van der Waals surface area contributed by atoms with Gasteiger partial charge in [0.15, 0.2) is 27.3 Å². The van der Waals surface area contributed by atoms with Crippen molar-refractivity contribution in [2.45, 2.75) is 68.6 Å². The molecule has 1 amide bonds. The van der Waals surface area contributed by atoms with E-state index in [0.29, 0.717) is 5.01 Å². The van der Waals surface area contributed by atoms with Gasteiger partial charge in [0.05, 0.1) is 19.5 Å². The normalized spacial score (nSPS) is 32.7. The Bertz CT molecular complexity index is 1780. The number of aromatic nitrogens is 5. The first-order chi connectivity index (χ1) is 21.9. The van der Waals surface area contributed by atoms with Gasteiger partial charge < -0.3 is 50.4 Å². The number of phosphoric acid groups is 2. The number of nitrogen functional groups attached to an aromatic ring is 1. The van der Waals surface area contributed by atoms with Crippen molar-refractivity contribution in [2.24, 2.45) is 5.73 Å². The summed E-state index contributed by atoms with van der Waals surface area (Å²) >= 11 is 2.92. The highest BCUT2D eigenvalue weighted by Crippen LogP contribution is 2.61. The van der Waals surface area contributed by atoms with Crippen molar-refractivity contribution in [1.82, 2.24) is 24.5 Å². The molecule has 3 fully saturated rings. The Hall–Kier alpha value is -1.80. The molecule has 3 aromatic rings. The number of aliphatic hydroxyl groups excluding tert-OH is 2. The summed E-state index contributed by atoms with van der Waals surface area (Å²) in [5.41, 5.74) is 11.6. The van der Waals surface area contributed by atoms with Crippen LogP contribution in [0.2, 0.25) is 0 Å². The minimum absolute atomic E-state index is 0.0142. The highest BCUT2D eigenvalue weighted by atomic mass is 127. The first kappa shape index (κ1) is 35.0. The van der Waals surface area contributed by atoms with E-state index in [4.69, 9.17) is 39.5 Å². The summed E-state index contributed by atoms with van der Waals surface area (Å²) in [7, 11) is -10.6. The molecule has 0 radical (unpaired) electrons. The number of nitrogens with two attached hydrogens (primary N) is 2. The smallest absolute Gasteiger partial charge is 0.387 e. The number of phosphoric ester groups is 2. The molecule has 3 aliphatic heterocycles. The molecule has 258 valence electrons. The number of carbonyl (C=O) groups is 1. The summed E-state index contributed by atoms with van der Waals surface area (Å²) in [4.78, 5) is 48.4. The van der Waals surface area contributed by atoms with Gasteiger partial charge in [-0.15, -0.1) is 11.3 Å². The number of ether oxygens (including phenoxy) is 4. The van der Waals surface area contributed by atoms with Gasteiger partial charge in [-0.1, -0.05) is 0 Å². The number of hydrogen-bond donors (Lipinski definition) is 6. The highest BCUT2D eigenvalue weighted by molar-refractivity contribution is 14.1. The van der Waals surface area contributed by atoms with E-state index >= 15 is 0 Å². The SMILES string of the molecule is CC1(C)O[C@@H]2[C@H](O1)[C@@H](COP(=O)(O)OP(=O)(O)OC[C@H]1O[C@@H](n3cnc4c(N)nc(I)nc43)[C@H](O)[C@@H]1O)O[C@H]2c1nc(C(N)=O)cs1. The Balaban J connectivity index is 1.06. The van der Waals surface area contributed by atoms with Crippen LogP contribution in [0.15, 0.2) is 11.7 Å². The van der Waals surface area contributed by atoms with Crippen LogP contribution in [0, 0.1) is 3.83 Å². The van der Waals surface area contributed by atoms with Gasteiger partial charge in [-0.2, -0.15) is 4.31 Å². The number of rotatable bonds is 11. The molecule has 0 saturated carbocycles. The maximum Gasteiger partial charge on any atom is 0.481 e. The lowest BCUT2D eigenvalue weighted by molar-refractivity contribution is -0.190. The fourth-order valence-corrected chi connectivity index (χ4v) is 8.71. The van der Waals surface area contributed by atoms with E-state index in [2.05, 4.69) is 24.2 Å². The zero-order valence-corrected chi connectivity index (χ0v) is 28.9. The van der Waals surface area contributed by atoms with Crippen LogP contribution in [-0.2, 0) is 41.4 Å². The second-order valence-corrected chi connectivity index (χ2v) is 15.9. The van der Waals surface area contributed by atoms with Crippen molar-refractivity contribution < 1.29 is 66.2 Å². The largest absolute Gasteiger partial charge is 0.481 e. The van der Waals surface area contributed by atoms with Crippen LogP contribution in [0.3, 0.4) is 0 Å². The Morgan fingerprint density at radius 1 is 1.06 bits per heavy atom. The second kappa shape index (κ2) is 12.8. The summed E-state index contributed by atoms with van der Waals surface area (Å²) in [5, 5.41) is 22.9. The third kappa shape index (κ3) is 7.25. The van der Waals surface area contributed by atoms with E-state index in [1.807, 2.05) is 22.6 Å². The van der Waals surface area contributed by atoms with E-state index in [1.54, 1.807) is 13.8 Å². The molecule has 8 N–H and O–H groups in total. The zero-order chi connectivity index (χ0) is 34.1. The minimum atomic E-state index is -5.33. The number of amides is 1. The molecule has 2 unspecified atom stereocenters. The molecule has 3 aromatic heterocycles. The third-order valence-electron chi connectivity index (χ3n) is 7.21. The summed E-state index contributed by atoms with van der Waals surface area (Å²) in [6.45, 7) is 1.77. The standard InChI is InChI=1S/C22H28IN7O14P2S/c1-22(2)42-13-9(40-15(14(13)43-22)19-27-7(5-47-19)17(25)33)4-39-46(36,37)44-45(34,35)38-3-8-11(31)12(32)20(41-8)30-6-26-10-16(24)28-21(23)29-18(10)30/h5-6,8-9,11-15,20,31-32H,3-4H2,1-2H3,(H2,25,33)(H,34,35)(H,36,37)(H2,24,28,29)/t8-,9-,11-,12-,13-,14-,15-,20-/m1/s1. The van der Waals surface area contributed by atoms with Crippen molar-refractivity contribution in [2.75, 3.05) is 18.9 Å². The van der Waals surface area contributed by atoms with Gasteiger partial charge in [0.1, 0.15) is 58.9 Å². The molecule has 6 rings (SSSR count). The van der Waals surface area contributed by atoms with Crippen molar-refractivity contribution in [3.05, 3.63) is 26.2 Å². The van der Waals surface area contributed by atoms with Gasteiger partial charge in [0.25, 0.3) is 5.91 Å². The number of nitrogens with zero attached hydrogens (tertiary/aromatic N) is 5. The summed E-state index contributed by atoms with van der Waals surface area (Å²) in [5.74, 6) is -1.74. The van der Waals surface area contributed by atoms with Gasteiger partial charge in [0.2, 0.25) is 0 Å². The maximum atomic E-state index is 12.7. The number of imidazole rings is 1. The zero-order valence-electron chi connectivity index (χ0n) is 24.1. The van der Waals surface area contributed by atoms with Gasteiger partial charge in [-0.05, 0) is 13.8 Å². The van der Waals surface area contributed by atoms with E-state index in [-0.39, 0.29) is 26.5 Å². The molecule has 21 nitrogen and oxygen atoms in total. The fraction of sp³-hybridized carbons (Fsp3) is 0.591. The lowest BCUT2D eigenvalue weighted by Crippen LogP contribution is -2.33. The highest BCUT2D eigenvalue weighted by Gasteiger charge is 2.57. The molecular weight excluding hydrogens is 807 g/mol. The van der Waals surface area contributed by atoms with E-state index in [1.165, 1.54) is 16.3 Å². The Labute approximate surface area is 281 Å². The Morgan fingerprint density at radius 2 is 1.72 bits per heavy atom. The van der Waals surface area contributed by atoms with Crippen LogP contribution in [0.1, 0.15) is 41.7 Å². The van der Waals surface area contributed by atoms with E-state index < -0.39 is 89.5 Å². The first-order valence-electron chi connectivity index (χ1n) is 13.5. The summed E-state index contributed by atoms with van der Waals surface area (Å²) in [6, 6.07) is 0. The third-order valence-corrected chi connectivity index (χ3v) is 11.2. The molecule has 6 heterocycles. The Kier molecular flexibility index (Phi) is 9.56. The monoisotopic (exact) mass is 835 g/mol. The second-order valence-electron chi connectivity index (χ2n) is 11.0. The number of carbonyl (C=O) groups excluding carboxylic acids is 1. The average molecular weight is 835 g/mol. The molecule has 10 atom stereocenters. The molecule has 47 heavy (non-hydrogen) atoms. The first-order valence-corrected chi connectivity index (χ1v) is 18.5. The van der Waals surface area contributed by atoms with Crippen LogP contribution in [0.4, 0.5) is 5.82 Å². The fourth-order valence-electron chi connectivity index (χ4n) is 5.25. The number of primary amides is 1. The van der Waals surface area contributed by atoms with Crippen molar-refractivity contribution in [3.8, 4) is 0 Å². The van der Waals surface area contributed by atoms with Gasteiger partial charge >= 0.3 is 15.6 Å². The number of anilines is 1. The maximum absolute atomic E-state index is 12.7. The van der Waals surface area contributed by atoms with E-state index in [9.17, 15) is 33.9 Å². The summed E-state index contributed by atoms with van der Waals surface area (Å²) in [6.07, 6.45) is -8.09. The van der Waals surface area contributed by atoms with Crippen LogP contribution in [-0.4, -0.2) is 106 Å². The van der Waals surface area contributed by atoms with Gasteiger partial charge in [-0.25, -0.2) is 29.1 Å². The predicted octanol–water partition coefficient (Wildman–Crippen LogP) is 0.0985. The number of hydrogen-bond acceptors (Lipinski definition) is 18. The molecule has 0 spiro atoms. The van der Waals surface area contributed by atoms with Crippen LogP contribution in [0.5, 0.6) is 0 Å². The molecule has 0 aromatic carbocycles. The molecule has 3 aliphatic rings. The predicted molar refractivity (Wildman–Crippen MR) is 163 cm³/mol. The topological polar surface area (TPSA) is 305 Å². The molecular formula is C22H28IN7O14P2S. The number of halogens is 1. The Morgan fingerprint density at radius 3 is 2.38 bits per heavy atom. The lowest BCUT2D eigenvalue weighted by Gasteiger charge is -2.24. The van der Waals surface area contributed by atoms with Crippen LogP contribution < -0.4 is 11.5 Å². The molecule has 3 saturated heterocycles. The van der Waals surface area contributed by atoms with Crippen LogP contribution in [0.25, 0.3) is 11.2 Å². The van der Waals surface area contributed by atoms with Crippen molar-refractivity contribution in [1.29, 1.82) is 0 Å². The lowest BCUT2D eigenvalue weighted by atomic mass is 10.1. The van der Waals surface area contributed by atoms with Gasteiger partial charge in [0, 0.05) is 28.0 Å².